The van der Waals surface area contributed by atoms with Gasteiger partial charge in [0.15, 0.2) is 0 Å². The third-order valence-electron chi connectivity index (χ3n) is 1.60. The first-order chi connectivity index (χ1) is 5.57. The van der Waals surface area contributed by atoms with Crippen molar-refractivity contribution < 1.29 is 4.74 Å². The van der Waals surface area contributed by atoms with Crippen molar-refractivity contribution in [2.24, 2.45) is 10.9 Å². The van der Waals surface area contributed by atoms with Gasteiger partial charge >= 0.3 is 0 Å². The predicted molar refractivity (Wildman–Crippen MR) is 52.7 cm³/mol. The lowest BCUT2D eigenvalue weighted by atomic mass is 10.1. The molecule has 12 heavy (non-hydrogen) atoms. The Morgan fingerprint density at radius 1 is 1.42 bits per heavy atom. The van der Waals surface area contributed by atoms with Gasteiger partial charge in [-0.25, -0.2) is 0 Å². The van der Waals surface area contributed by atoms with Crippen LogP contribution in [0.3, 0.4) is 0 Å². The van der Waals surface area contributed by atoms with Crippen LogP contribution in [0.2, 0.25) is 0 Å². The first kappa shape index (κ1) is 11.4. The molecule has 0 radical (unpaired) electrons. The summed E-state index contributed by atoms with van der Waals surface area (Å²) in [6.07, 6.45) is 1.84. The molecule has 0 spiro atoms. The summed E-state index contributed by atoms with van der Waals surface area (Å²) in [5.41, 5.74) is 0. The summed E-state index contributed by atoms with van der Waals surface area (Å²) in [7, 11) is 5.64. The van der Waals surface area contributed by atoms with Gasteiger partial charge in [-0.15, -0.1) is 0 Å². The van der Waals surface area contributed by atoms with E-state index in [4.69, 9.17) is 4.74 Å². The van der Waals surface area contributed by atoms with E-state index in [1.807, 2.05) is 25.3 Å². The van der Waals surface area contributed by atoms with Crippen LogP contribution < -0.4 is 0 Å². The molecule has 0 heterocycles. The van der Waals surface area contributed by atoms with Crippen molar-refractivity contribution in [1.82, 2.24) is 4.90 Å². The smallest absolute Gasteiger partial charge is 0.0849 e. The average Bonchev–Trinajstić information content (AvgIpc) is 1.96. The quantitative estimate of drug-likeness (QED) is 0.460. The standard InChI is InChI=1S/C9H20N2O/c1-8(2)9(6-12-5)10-7-11(3)4/h7-9H,6H2,1-5H3/t9-/m1/s1. The van der Waals surface area contributed by atoms with Crippen molar-refractivity contribution >= 4 is 6.34 Å². The molecule has 0 aromatic heterocycles. The molecule has 0 aliphatic rings. The summed E-state index contributed by atoms with van der Waals surface area (Å²) < 4.78 is 5.07. The van der Waals surface area contributed by atoms with Crippen LogP contribution in [0.1, 0.15) is 13.8 Å². The van der Waals surface area contributed by atoms with Crippen molar-refractivity contribution in [1.29, 1.82) is 0 Å². The average molecular weight is 172 g/mol. The lowest BCUT2D eigenvalue weighted by molar-refractivity contribution is 0.165. The Labute approximate surface area is 75.4 Å². The molecular formula is C9H20N2O. The molecule has 3 heteroatoms. The summed E-state index contributed by atoms with van der Waals surface area (Å²) in [6.45, 7) is 5.00. The number of hydrogen-bond donors (Lipinski definition) is 0. The highest BCUT2D eigenvalue weighted by Gasteiger charge is 2.09. The highest BCUT2D eigenvalue weighted by molar-refractivity contribution is 5.54. The van der Waals surface area contributed by atoms with Crippen LogP contribution in [0.15, 0.2) is 4.99 Å². The Morgan fingerprint density at radius 3 is 2.33 bits per heavy atom. The lowest BCUT2D eigenvalue weighted by Gasteiger charge is -2.15. The van der Waals surface area contributed by atoms with Gasteiger partial charge in [-0.05, 0) is 5.92 Å². The number of rotatable bonds is 5. The zero-order valence-corrected chi connectivity index (χ0v) is 8.74. The molecule has 0 rings (SSSR count). The molecule has 0 saturated heterocycles. The van der Waals surface area contributed by atoms with Gasteiger partial charge in [-0.3, -0.25) is 4.99 Å². The fraction of sp³-hybridized carbons (Fsp3) is 0.889. The topological polar surface area (TPSA) is 24.8 Å². The zero-order valence-electron chi connectivity index (χ0n) is 8.74. The SMILES string of the molecule is COC[C@@H](N=CN(C)C)C(C)C. The van der Waals surface area contributed by atoms with Crippen LogP contribution in [0, 0.1) is 5.92 Å². The summed E-state index contributed by atoms with van der Waals surface area (Å²) >= 11 is 0. The normalized spacial score (nSPS) is 14.2. The van der Waals surface area contributed by atoms with Crippen molar-refractivity contribution in [3.8, 4) is 0 Å². The Balaban J connectivity index is 3.94. The summed E-state index contributed by atoms with van der Waals surface area (Å²) in [6, 6.07) is 0.275. The molecule has 72 valence electrons. The molecule has 0 N–H and O–H groups in total. The number of ether oxygens (including phenoxy) is 1. The number of aliphatic imine (C=N–C) groups is 1. The molecule has 0 saturated carbocycles. The third kappa shape index (κ3) is 5.13. The van der Waals surface area contributed by atoms with Gasteiger partial charge in [-0.2, -0.15) is 0 Å². The summed E-state index contributed by atoms with van der Waals surface area (Å²) in [5.74, 6) is 0.529. The van der Waals surface area contributed by atoms with E-state index in [2.05, 4.69) is 18.8 Å². The minimum atomic E-state index is 0.275. The Kier molecular flexibility index (Phi) is 5.72. The minimum absolute atomic E-state index is 0.275. The molecule has 0 aromatic carbocycles. The van der Waals surface area contributed by atoms with Crippen LogP contribution in [-0.2, 0) is 4.74 Å². The molecule has 0 aliphatic heterocycles. The van der Waals surface area contributed by atoms with Gasteiger partial charge < -0.3 is 9.64 Å². The van der Waals surface area contributed by atoms with E-state index in [1.165, 1.54) is 0 Å². The monoisotopic (exact) mass is 172 g/mol. The van der Waals surface area contributed by atoms with Crippen molar-refractivity contribution in [2.45, 2.75) is 19.9 Å². The number of methoxy groups -OCH3 is 1. The second kappa shape index (κ2) is 6.00. The van der Waals surface area contributed by atoms with Gasteiger partial charge in [0.05, 0.1) is 19.0 Å². The Hall–Kier alpha value is -0.570. The third-order valence-corrected chi connectivity index (χ3v) is 1.60. The van der Waals surface area contributed by atoms with Crippen LogP contribution in [0.4, 0.5) is 0 Å². The molecule has 0 amide bonds. The van der Waals surface area contributed by atoms with E-state index in [0.717, 1.165) is 0 Å². The molecule has 0 unspecified atom stereocenters. The highest BCUT2D eigenvalue weighted by Crippen LogP contribution is 2.05. The largest absolute Gasteiger partial charge is 0.382 e. The molecular weight excluding hydrogens is 152 g/mol. The maximum Gasteiger partial charge on any atom is 0.0849 e. The Morgan fingerprint density at radius 2 is 2.00 bits per heavy atom. The summed E-state index contributed by atoms with van der Waals surface area (Å²) in [5, 5.41) is 0. The van der Waals surface area contributed by atoms with Crippen molar-refractivity contribution in [2.75, 3.05) is 27.8 Å². The van der Waals surface area contributed by atoms with Crippen LogP contribution >= 0.6 is 0 Å². The maximum atomic E-state index is 5.07. The van der Waals surface area contributed by atoms with Crippen molar-refractivity contribution in [3.63, 3.8) is 0 Å². The second-order valence-corrected chi connectivity index (χ2v) is 3.49. The minimum Gasteiger partial charge on any atom is -0.382 e. The van der Waals surface area contributed by atoms with Gasteiger partial charge in [-0.1, -0.05) is 13.8 Å². The second-order valence-electron chi connectivity index (χ2n) is 3.49. The van der Waals surface area contributed by atoms with Gasteiger partial charge in [0.1, 0.15) is 0 Å². The molecule has 0 fully saturated rings. The zero-order chi connectivity index (χ0) is 9.56. The van der Waals surface area contributed by atoms with E-state index in [9.17, 15) is 0 Å². The van der Waals surface area contributed by atoms with Crippen LogP contribution in [-0.4, -0.2) is 45.1 Å². The lowest BCUT2D eigenvalue weighted by Crippen LogP contribution is -2.21. The molecule has 3 nitrogen and oxygen atoms in total. The van der Waals surface area contributed by atoms with Crippen LogP contribution in [0.25, 0.3) is 0 Å². The van der Waals surface area contributed by atoms with Crippen LogP contribution in [0.5, 0.6) is 0 Å². The van der Waals surface area contributed by atoms with E-state index < -0.39 is 0 Å². The predicted octanol–water partition coefficient (Wildman–Crippen LogP) is 1.25. The van der Waals surface area contributed by atoms with Crippen molar-refractivity contribution in [3.05, 3.63) is 0 Å². The van der Waals surface area contributed by atoms with E-state index in [-0.39, 0.29) is 6.04 Å². The van der Waals surface area contributed by atoms with E-state index in [1.54, 1.807) is 7.11 Å². The number of hydrogen-bond acceptors (Lipinski definition) is 2. The van der Waals surface area contributed by atoms with E-state index >= 15 is 0 Å². The molecule has 0 aromatic rings. The molecule has 1 atom stereocenters. The first-order valence-corrected chi connectivity index (χ1v) is 4.26. The first-order valence-electron chi connectivity index (χ1n) is 4.26. The number of nitrogens with zero attached hydrogens (tertiary/aromatic N) is 2. The maximum absolute atomic E-state index is 5.07. The highest BCUT2D eigenvalue weighted by atomic mass is 16.5. The van der Waals surface area contributed by atoms with Gasteiger partial charge in [0.25, 0.3) is 0 Å². The fourth-order valence-corrected chi connectivity index (χ4v) is 0.797. The molecule has 0 aliphatic carbocycles. The fourth-order valence-electron chi connectivity index (χ4n) is 0.797. The van der Waals surface area contributed by atoms with Gasteiger partial charge in [0, 0.05) is 21.2 Å². The summed E-state index contributed by atoms with van der Waals surface area (Å²) in [4.78, 5) is 6.32. The molecule has 0 bridgehead atoms. The van der Waals surface area contributed by atoms with E-state index in [0.29, 0.717) is 12.5 Å². The Bertz CT molecular complexity index is 132. The van der Waals surface area contributed by atoms with Gasteiger partial charge in [0.2, 0.25) is 0 Å².